The van der Waals surface area contributed by atoms with Crippen LogP contribution < -0.4 is 0 Å². The molecular formula is C13H13N3OS. The Morgan fingerprint density at radius 1 is 1.33 bits per heavy atom. The van der Waals surface area contributed by atoms with Crippen LogP contribution in [-0.4, -0.2) is 19.7 Å². The number of hydrogen-bond donors (Lipinski definition) is 1. The standard InChI is InChI=1S/C13H13N3OS/c1-8-4-3-5-10(6-8)12-15-16-11(7-17)9(2)14-13(16)18-12/h3-6,17H,7H2,1-2H3. The number of nitrogens with zero attached hydrogens (tertiary/aromatic N) is 3. The Bertz CT molecular complexity index is 714. The molecule has 0 spiro atoms. The van der Waals surface area contributed by atoms with E-state index in [1.165, 1.54) is 16.9 Å². The third kappa shape index (κ3) is 1.72. The van der Waals surface area contributed by atoms with E-state index in [2.05, 4.69) is 29.1 Å². The van der Waals surface area contributed by atoms with Gasteiger partial charge in [0.1, 0.15) is 5.01 Å². The molecule has 0 radical (unpaired) electrons. The summed E-state index contributed by atoms with van der Waals surface area (Å²) in [6.45, 7) is 3.91. The Kier molecular flexibility index (Phi) is 2.65. The Morgan fingerprint density at radius 3 is 2.89 bits per heavy atom. The van der Waals surface area contributed by atoms with Crippen LogP contribution in [0.5, 0.6) is 0 Å². The molecule has 0 amide bonds. The number of aliphatic hydroxyl groups is 1. The van der Waals surface area contributed by atoms with Crippen LogP contribution in [0.2, 0.25) is 0 Å². The van der Waals surface area contributed by atoms with E-state index in [-0.39, 0.29) is 6.61 Å². The number of aromatic nitrogens is 3. The summed E-state index contributed by atoms with van der Waals surface area (Å²) in [5.74, 6) is 0. The van der Waals surface area contributed by atoms with Gasteiger partial charge in [-0.25, -0.2) is 9.50 Å². The van der Waals surface area contributed by atoms with Crippen LogP contribution in [0.4, 0.5) is 0 Å². The molecule has 92 valence electrons. The van der Waals surface area contributed by atoms with Crippen molar-refractivity contribution in [3.63, 3.8) is 0 Å². The Balaban J connectivity index is 2.17. The van der Waals surface area contributed by atoms with E-state index >= 15 is 0 Å². The first-order valence-electron chi connectivity index (χ1n) is 5.72. The van der Waals surface area contributed by atoms with Gasteiger partial charge in [0.15, 0.2) is 0 Å². The Morgan fingerprint density at radius 2 is 2.17 bits per heavy atom. The number of fused-ring (bicyclic) bond motifs is 1. The summed E-state index contributed by atoms with van der Waals surface area (Å²) < 4.78 is 1.73. The van der Waals surface area contributed by atoms with E-state index in [9.17, 15) is 5.11 Å². The van der Waals surface area contributed by atoms with Gasteiger partial charge in [-0.15, -0.1) is 0 Å². The van der Waals surface area contributed by atoms with Crippen molar-refractivity contribution in [2.45, 2.75) is 20.5 Å². The van der Waals surface area contributed by atoms with Crippen LogP contribution in [0.3, 0.4) is 0 Å². The van der Waals surface area contributed by atoms with Crippen LogP contribution in [0.1, 0.15) is 17.0 Å². The minimum Gasteiger partial charge on any atom is -0.390 e. The Hall–Kier alpha value is -1.72. The predicted molar refractivity (Wildman–Crippen MR) is 71.7 cm³/mol. The highest BCUT2D eigenvalue weighted by atomic mass is 32.1. The van der Waals surface area contributed by atoms with Gasteiger partial charge in [0, 0.05) is 5.56 Å². The quantitative estimate of drug-likeness (QED) is 0.769. The zero-order valence-corrected chi connectivity index (χ0v) is 11.0. The smallest absolute Gasteiger partial charge is 0.213 e. The molecule has 0 aliphatic heterocycles. The van der Waals surface area contributed by atoms with Crippen LogP contribution in [0.25, 0.3) is 15.5 Å². The van der Waals surface area contributed by atoms with Gasteiger partial charge in [-0.1, -0.05) is 35.1 Å². The summed E-state index contributed by atoms with van der Waals surface area (Å²) >= 11 is 1.54. The van der Waals surface area contributed by atoms with Crippen molar-refractivity contribution in [2.24, 2.45) is 0 Å². The lowest BCUT2D eigenvalue weighted by molar-refractivity contribution is 0.273. The van der Waals surface area contributed by atoms with Crippen molar-refractivity contribution in [2.75, 3.05) is 0 Å². The van der Waals surface area contributed by atoms with Crippen molar-refractivity contribution in [1.29, 1.82) is 0 Å². The molecule has 0 fully saturated rings. The summed E-state index contributed by atoms with van der Waals surface area (Å²) in [5, 5.41) is 14.8. The first-order chi connectivity index (χ1) is 8.69. The van der Waals surface area contributed by atoms with Crippen molar-refractivity contribution < 1.29 is 5.11 Å². The van der Waals surface area contributed by atoms with Gasteiger partial charge < -0.3 is 5.11 Å². The molecule has 4 nitrogen and oxygen atoms in total. The number of rotatable bonds is 2. The average Bonchev–Trinajstić information content (AvgIpc) is 2.85. The molecule has 1 N–H and O–H groups in total. The molecule has 0 aliphatic rings. The number of aryl methyl sites for hydroxylation is 2. The average molecular weight is 259 g/mol. The molecule has 0 saturated heterocycles. The second kappa shape index (κ2) is 4.19. The van der Waals surface area contributed by atoms with Gasteiger partial charge in [0.2, 0.25) is 4.96 Å². The zero-order valence-electron chi connectivity index (χ0n) is 10.2. The number of hydrogen-bond acceptors (Lipinski definition) is 4. The summed E-state index contributed by atoms with van der Waals surface area (Å²) in [6.07, 6.45) is 0. The minimum atomic E-state index is -0.0377. The molecule has 5 heteroatoms. The number of aliphatic hydroxyl groups excluding tert-OH is 1. The van der Waals surface area contributed by atoms with Gasteiger partial charge in [-0.05, 0) is 19.9 Å². The summed E-state index contributed by atoms with van der Waals surface area (Å²) in [5.41, 5.74) is 3.90. The number of benzene rings is 1. The van der Waals surface area contributed by atoms with Gasteiger partial charge in [-0.3, -0.25) is 0 Å². The van der Waals surface area contributed by atoms with E-state index in [0.717, 1.165) is 26.9 Å². The van der Waals surface area contributed by atoms with Crippen molar-refractivity contribution >= 4 is 16.3 Å². The van der Waals surface area contributed by atoms with Gasteiger partial charge in [0.25, 0.3) is 0 Å². The topological polar surface area (TPSA) is 50.4 Å². The van der Waals surface area contributed by atoms with E-state index < -0.39 is 0 Å². The maximum absolute atomic E-state index is 9.33. The lowest BCUT2D eigenvalue weighted by Gasteiger charge is -1.97. The third-order valence-electron chi connectivity index (χ3n) is 2.91. The van der Waals surface area contributed by atoms with Crippen molar-refractivity contribution in [3.05, 3.63) is 41.2 Å². The van der Waals surface area contributed by atoms with E-state index in [1.54, 1.807) is 4.52 Å². The highest BCUT2D eigenvalue weighted by molar-refractivity contribution is 7.19. The molecule has 0 atom stereocenters. The van der Waals surface area contributed by atoms with Crippen molar-refractivity contribution in [1.82, 2.24) is 14.6 Å². The first-order valence-corrected chi connectivity index (χ1v) is 6.53. The monoisotopic (exact) mass is 259 g/mol. The highest BCUT2D eigenvalue weighted by Gasteiger charge is 2.13. The van der Waals surface area contributed by atoms with Crippen LogP contribution >= 0.6 is 11.3 Å². The van der Waals surface area contributed by atoms with Crippen LogP contribution in [0.15, 0.2) is 24.3 Å². The molecule has 3 aromatic rings. The SMILES string of the molecule is Cc1cccc(-c2nn3c(CO)c(C)nc3s2)c1. The van der Waals surface area contributed by atoms with E-state index in [4.69, 9.17) is 0 Å². The second-order valence-electron chi connectivity index (χ2n) is 4.27. The fourth-order valence-corrected chi connectivity index (χ4v) is 2.93. The molecule has 2 heterocycles. The fraction of sp³-hybridized carbons (Fsp3) is 0.231. The molecule has 3 rings (SSSR count). The largest absolute Gasteiger partial charge is 0.390 e. The zero-order chi connectivity index (χ0) is 12.7. The van der Waals surface area contributed by atoms with Crippen LogP contribution in [0, 0.1) is 13.8 Å². The highest BCUT2D eigenvalue weighted by Crippen LogP contribution is 2.27. The van der Waals surface area contributed by atoms with E-state index in [1.807, 2.05) is 19.1 Å². The van der Waals surface area contributed by atoms with Crippen LogP contribution in [-0.2, 0) is 6.61 Å². The molecule has 0 saturated carbocycles. The maximum atomic E-state index is 9.33. The molecule has 0 aliphatic carbocycles. The van der Waals surface area contributed by atoms with Gasteiger partial charge in [0.05, 0.1) is 18.0 Å². The summed E-state index contributed by atoms with van der Waals surface area (Å²) in [7, 11) is 0. The molecule has 0 unspecified atom stereocenters. The normalized spacial score (nSPS) is 11.3. The Labute approximate surface area is 109 Å². The molecule has 0 bridgehead atoms. The number of imidazole rings is 1. The molecule has 18 heavy (non-hydrogen) atoms. The summed E-state index contributed by atoms with van der Waals surface area (Å²) in [4.78, 5) is 5.24. The first kappa shape index (κ1) is 11.4. The second-order valence-corrected chi connectivity index (χ2v) is 5.23. The lowest BCUT2D eigenvalue weighted by Crippen LogP contribution is -1.95. The molecule has 2 aromatic heterocycles. The van der Waals surface area contributed by atoms with Crippen molar-refractivity contribution in [3.8, 4) is 10.6 Å². The lowest BCUT2D eigenvalue weighted by atomic mass is 10.1. The van der Waals surface area contributed by atoms with Gasteiger partial charge >= 0.3 is 0 Å². The maximum Gasteiger partial charge on any atom is 0.213 e. The molecular weight excluding hydrogens is 246 g/mol. The summed E-state index contributed by atoms with van der Waals surface area (Å²) in [6, 6.07) is 8.22. The minimum absolute atomic E-state index is 0.0377. The molecule has 1 aromatic carbocycles. The fourth-order valence-electron chi connectivity index (χ4n) is 1.97. The predicted octanol–water partition coefficient (Wildman–Crippen LogP) is 2.57. The van der Waals surface area contributed by atoms with Gasteiger partial charge in [-0.2, -0.15) is 5.10 Å². The third-order valence-corrected chi connectivity index (χ3v) is 3.87. The van der Waals surface area contributed by atoms with E-state index in [0.29, 0.717) is 0 Å².